The van der Waals surface area contributed by atoms with Gasteiger partial charge in [0.05, 0.1) is 11.6 Å². The predicted octanol–water partition coefficient (Wildman–Crippen LogP) is 3.37. The van der Waals surface area contributed by atoms with Crippen molar-refractivity contribution in [1.82, 2.24) is 0 Å². The Labute approximate surface area is 122 Å². The number of hydrogen-bond donors (Lipinski definition) is 1. The van der Waals surface area contributed by atoms with Gasteiger partial charge in [0, 0.05) is 11.1 Å². The van der Waals surface area contributed by atoms with Crippen LogP contribution in [0.15, 0.2) is 42.5 Å². The minimum absolute atomic E-state index is 0.0894. The summed E-state index contributed by atoms with van der Waals surface area (Å²) >= 11 is 5.87. The Kier molecular flexibility index (Phi) is 5.00. The van der Waals surface area contributed by atoms with Crippen LogP contribution in [0, 0.1) is 17.7 Å². The van der Waals surface area contributed by atoms with Gasteiger partial charge < -0.3 is 10.5 Å². The van der Waals surface area contributed by atoms with Crippen LogP contribution in [0.3, 0.4) is 0 Å². The second-order valence-electron chi connectivity index (χ2n) is 4.04. The Balaban J connectivity index is 2.09. The molecule has 0 bridgehead atoms. The van der Waals surface area contributed by atoms with Crippen molar-refractivity contribution in [2.45, 2.75) is 6.61 Å². The molecule has 0 aromatic heterocycles. The lowest BCUT2D eigenvalue weighted by Crippen LogP contribution is -1.98. The minimum Gasteiger partial charge on any atom is -0.489 e. The van der Waals surface area contributed by atoms with Gasteiger partial charge in [-0.2, -0.15) is 0 Å². The molecule has 2 N–H and O–H groups in total. The SMILES string of the molecule is NCC#Cc1cccc(OCc2cccc(F)c2Cl)c1. The summed E-state index contributed by atoms with van der Waals surface area (Å²) in [5.74, 6) is 5.89. The van der Waals surface area contributed by atoms with Crippen LogP contribution < -0.4 is 10.5 Å². The highest BCUT2D eigenvalue weighted by Crippen LogP contribution is 2.22. The number of hydrogen-bond acceptors (Lipinski definition) is 2. The highest BCUT2D eigenvalue weighted by atomic mass is 35.5. The first kappa shape index (κ1) is 14.4. The fraction of sp³-hybridized carbons (Fsp3) is 0.125. The van der Waals surface area contributed by atoms with Crippen LogP contribution in [0.25, 0.3) is 0 Å². The summed E-state index contributed by atoms with van der Waals surface area (Å²) in [6.45, 7) is 0.508. The zero-order valence-electron chi connectivity index (χ0n) is 10.7. The van der Waals surface area contributed by atoms with E-state index in [4.69, 9.17) is 22.1 Å². The van der Waals surface area contributed by atoms with E-state index in [9.17, 15) is 4.39 Å². The molecule has 0 radical (unpaired) electrons. The molecule has 0 fully saturated rings. The van der Waals surface area contributed by atoms with Crippen molar-refractivity contribution < 1.29 is 9.13 Å². The van der Waals surface area contributed by atoms with Crippen LogP contribution in [0.5, 0.6) is 5.75 Å². The van der Waals surface area contributed by atoms with Crippen LogP contribution in [0.2, 0.25) is 5.02 Å². The van der Waals surface area contributed by atoms with Crippen LogP contribution in [-0.2, 0) is 6.61 Å². The van der Waals surface area contributed by atoms with E-state index < -0.39 is 5.82 Å². The maximum Gasteiger partial charge on any atom is 0.142 e. The molecule has 0 amide bonds. The molecule has 2 rings (SSSR count). The van der Waals surface area contributed by atoms with Crippen molar-refractivity contribution in [1.29, 1.82) is 0 Å². The van der Waals surface area contributed by atoms with Gasteiger partial charge in [-0.15, -0.1) is 0 Å². The molecule has 0 aliphatic carbocycles. The standard InChI is InChI=1S/C16H13ClFNO/c17-16-13(6-2-8-15(16)18)11-20-14-7-1-4-12(10-14)5-3-9-19/h1-2,4,6-8,10H,9,11,19H2. The molecule has 2 nitrogen and oxygen atoms in total. The normalized spacial score (nSPS) is 9.75. The molecule has 0 saturated carbocycles. The fourth-order valence-electron chi connectivity index (χ4n) is 1.64. The number of halogens is 2. The van der Waals surface area contributed by atoms with Gasteiger partial charge in [-0.25, -0.2) is 4.39 Å². The average molecular weight is 290 g/mol. The first-order valence-corrected chi connectivity index (χ1v) is 6.43. The third-order valence-corrected chi connectivity index (χ3v) is 3.02. The molecule has 0 aliphatic rings. The molecule has 102 valence electrons. The van der Waals surface area contributed by atoms with Gasteiger partial charge in [-0.05, 0) is 24.3 Å². The molecule has 0 unspecified atom stereocenters. The second-order valence-corrected chi connectivity index (χ2v) is 4.41. The van der Waals surface area contributed by atoms with E-state index in [-0.39, 0.29) is 11.6 Å². The highest BCUT2D eigenvalue weighted by molar-refractivity contribution is 6.31. The van der Waals surface area contributed by atoms with Gasteiger partial charge >= 0.3 is 0 Å². The van der Waals surface area contributed by atoms with Crippen LogP contribution >= 0.6 is 11.6 Å². The topological polar surface area (TPSA) is 35.2 Å². The third kappa shape index (κ3) is 3.74. The largest absolute Gasteiger partial charge is 0.489 e. The number of ether oxygens (including phenoxy) is 1. The van der Waals surface area contributed by atoms with E-state index in [1.165, 1.54) is 6.07 Å². The molecule has 0 atom stereocenters. The zero-order valence-corrected chi connectivity index (χ0v) is 11.5. The molecule has 2 aromatic rings. The summed E-state index contributed by atoms with van der Waals surface area (Å²) in [6.07, 6.45) is 0. The molecule has 0 spiro atoms. The van der Waals surface area contributed by atoms with Crippen LogP contribution in [0.1, 0.15) is 11.1 Å². The summed E-state index contributed by atoms with van der Waals surface area (Å²) in [5.41, 5.74) is 6.74. The van der Waals surface area contributed by atoms with Gasteiger partial charge in [0.25, 0.3) is 0 Å². The molecule has 0 saturated heterocycles. The Morgan fingerprint density at radius 3 is 2.80 bits per heavy atom. The Hall–Kier alpha value is -2.02. The lowest BCUT2D eigenvalue weighted by molar-refractivity contribution is 0.305. The van der Waals surface area contributed by atoms with Gasteiger partial charge in [0.15, 0.2) is 0 Å². The summed E-state index contributed by atoms with van der Waals surface area (Å²) in [6, 6.07) is 12.0. The van der Waals surface area contributed by atoms with Gasteiger partial charge in [0.1, 0.15) is 18.2 Å². The van der Waals surface area contributed by atoms with Gasteiger partial charge in [-0.1, -0.05) is 41.6 Å². The lowest BCUT2D eigenvalue weighted by atomic mass is 10.2. The molecule has 0 heterocycles. The molecule has 0 aliphatic heterocycles. The van der Waals surface area contributed by atoms with E-state index in [0.29, 0.717) is 17.9 Å². The van der Waals surface area contributed by atoms with Crippen molar-refractivity contribution in [3.8, 4) is 17.6 Å². The van der Waals surface area contributed by atoms with Crippen molar-refractivity contribution in [2.24, 2.45) is 5.73 Å². The Morgan fingerprint density at radius 1 is 1.20 bits per heavy atom. The van der Waals surface area contributed by atoms with E-state index in [1.54, 1.807) is 24.3 Å². The van der Waals surface area contributed by atoms with E-state index in [1.807, 2.05) is 12.1 Å². The Morgan fingerprint density at radius 2 is 2.00 bits per heavy atom. The minimum atomic E-state index is -0.449. The fourth-order valence-corrected chi connectivity index (χ4v) is 1.82. The molecular weight excluding hydrogens is 277 g/mol. The molecular formula is C16H13ClFNO. The molecule has 20 heavy (non-hydrogen) atoms. The Bertz CT molecular complexity index is 661. The third-order valence-electron chi connectivity index (χ3n) is 2.59. The quantitative estimate of drug-likeness (QED) is 0.879. The second kappa shape index (κ2) is 6.95. The van der Waals surface area contributed by atoms with Gasteiger partial charge in [-0.3, -0.25) is 0 Å². The number of rotatable bonds is 3. The maximum atomic E-state index is 13.3. The number of benzene rings is 2. The van der Waals surface area contributed by atoms with Crippen molar-refractivity contribution in [2.75, 3.05) is 6.54 Å². The summed E-state index contributed by atoms with van der Waals surface area (Å²) < 4.78 is 18.9. The molecule has 4 heteroatoms. The molecule has 2 aromatic carbocycles. The summed E-state index contributed by atoms with van der Waals surface area (Å²) in [5, 5.41) is 0.0894. The average Bonchev–Trinajstić information content (AvgIpc) is 2.47. The smallest absolute Gasteiger partial charge is 0.142 e. The first-order chi connectivity index (χ1) is 9.70. The van der Waals surface area contributed by atoms with E-state index in [0.717, 1.165) is 5.56 Å². The number of nitrogens with two attached hydrogens (primary N) is 1. The first-order valence-electron chi connectivity index (χ1n) is 6.05. The van der Waals surface area contributed by atoms with E-state index in [2.05, 4.69) is 11.8 Å². The maximum absolute atomic E-state index is 13.3. The van der Waals surface area contributed by atoms with Crippen molar-refractivity contribution >= 4 is 11.6 Å². The lowest BCUT2D eigenvalue weighted by Gasteiger charge is -2.08. The summed E-state index contributed by atoms with van der Waals surface area (Å²) in [7, 11) is 0. The van der Waals surface area contributed by atoms with Crippen molar-refractivity contribution in [3.05, 3.63) is 64.4 Å². The van der Waals surface area contributed by atoms with Crippen LogP contribution in [0.4, 0.5) is 4.39 Å². The van der Waals surface area contributed by atoms with E-state index >= 15 is 0 Å². The van der Waals surface area contributed by atoms with Crippen molar-refractivity contribution in [3.63, 3.8) is 0 Å². The van der Waals surface area contributed by atoms with Gasteiger partial charge in [0.2, 0.25) is 0 Å². The highest BCUT2D eigenvalue weighted by Gasteiger charge is 2.06. The summed E-state index contributed by atoms with van der Waals surface area (Å²) in [4.78, 5) is 0. The monoisotopic (exact) mass is 289 g/mol. The zero-order chi connectivity index (χ0) is 14.4. The van der Waals surface area contributed by atoms with Crippen LogP contribution in [-0.4, -0.2) is 6.54 Å². The predicted molar refractivity (Wildman–Crippen MR) is 78.1 cm³/mol.